The van der Waals surface area contributed by atoms with Gasteiger partial charge < -0.3 is 10.4 Å². The van der Waals surface area contributed by atoms with Gasteiger partial charge in [0.25, 0.3) is 0 Å². The minimum Gasteiger partial charge on any atom is -0.387 e. The van der Waals surface area contributed by atoms with Gasteiger partial charge in [-0.25, -0.2) is 0 Å². The van der Waals surface area contributed by atoms with Gasteiger partial charge in [0.2, 0.25) is 0 Å². The molecule has 0 amide bonds. The summed E-state index contributed by atoms with van der Waals surface area (Å²) in [6.45, 7) is 6.94. The molecule has 2 heteroatoms. The van der Waals surface area contributed by atoms with Crippen molar-refractivity contribution in [3.63, 3.8) is 0 Å². The molecule has 0 saturated heterocycles. The van der Waals surface area contributed by atoms with Crippen LogP contribution in [0.2, 0.25) is 0 Å². The first-order valence-corrected chi connectivity index (χ1v) is 6.99. The largest absolute Gasteiger partial charge is 0.387 e. The smallest absolute Gasteiger partial charge is 0.0914 e. The van der Waals surface area contributed by atoms with Gasteiger partial charge in [-0.15, -0.1) is 0 Å². The van der Waals surface area contributed by atoms with Crippen molar-refractivity contribution < 1.29 is 5.11 Å². The van der Waals surface area contributed by atoms with Gasteiger partial charge in [-0.2, -0.15) is 0 Å². The van der Waals surface area contributed by atoms with Gasteiger partial charge in [-0.3, -0.25) is 0 Å². The second-order valence-corrected chi connectivity index (χ2v) is 6.44. The van der Waals surface area contributed by atoms with E-state index >= 15 is 0 Å². The Morgan fingerprint density at radius 3 is 2.28 bits per heavy atom. The molecule has 100 valence electrons. The maximum absolute atomic E-state index is 10.1. The molecular formula is C16H25NO. The van der Waals surface area contributed by atoms with Gasteiger partial charge in [0, 0.05) is 12.1 Å². The Morgan fingerprint density at radius 1 is 1.22 bits per heavy atom. The van der Waals surface area contributed by atoms with Crippen molar-refractivity contribution in [3.8, 4) is 0 Å². The zero-order valence-corrected chi connectivity index (χ0v) is 11.7. The topological polar surface area (TPSA) is 32.3 Å². The molecule has 0 heterocycles. The van der Waals surface area contributed by atoms with Crippen molar-refractivity contribution in [1.82, 2.24) is 5.32 Å². The van der Waals surface area contributed by atoms with E-state index in [9.17, 15) is 5.11 Å². The second-order valence-electron chi connectivity index (χ2n) is 6.44. The summed E-state index contributed by atoms with van der Waals surface area (Å²) in [7, 11) is 0. The minimum absolute atomic E-state index is 0.0485. The summed E-state index contributed by atoms with van der Waals surface area (Å²) in [6.07, 6.45) is 3.60. The van der Waals surface area contributed by atoms with Gasteiger partial charge in [0.05, 0.1) is 6.10 Å². The van der Waals surface area contributed by atoms with Gasteiger partial charge >= 0.3 is 0 Å². The third kappa shape index (κ3) is 3.56. The van der Waals surface area contributed by atoms with E-state index in [1.165, 1.54) is 24.8 Å². The lowest BCUT2D eigenvalue weighted by molar-refractivity contribution is 0.163. The summed E-state index contributed by atoms with van der Waals surface area (Å²) < 4.78 is 0. The van der Waals surface area contributed by atoms with Gasteiger partial charge in [-0.1, -0.05) is 30.7 Å². The average molecular weight is 247 g/mol. The molecule has 0 spiro atoms. The fraction of sp³-hybridized carbons (Fsp3) is 0.625. The van der Waals surface area contributed by atoms with Crippen LogP contribution in [-0.4, -0.2) is 17.2 Å². The standard InChI is InChI=1S/C16H25NO/c1-16(2,3)17-11-15(18)14-9-7-13(8-10-14)12-5-4-6-12/h7-10,12,15,17-18H,4-6,11H2,1-3H3. The van der Waals surface area contributed by atoms with E-state index < -0.39 is 6.10 Å². The molecule has 0 aromatic heterocycles. The average Bonchev–Trinajstić information content (AvgIpc) is 2.23. The van der Waals surface area contributed by atoms with Gasteiger partial charge in [0.1, 0.15) is 0 Å². The number of hydrogen-bond donors (Lipinski definition) is 2. The van der Waals surface area contributed by atoms with Crippen LogP contribution in [0.25, 0.3) is 0 Å². The van der Waals surface area contributed by atoms with Crippen molar-refractivity contribution in [3.05, 3.63) is 35.4 Å². The van der Waals surface area contributed by atoms with E-state index in [-0.39, 0.29) is 5.54 Å². The molecule has 0 radical (unpaired) electrons. The van der Waals surface area contributed by atoms with Crippen LogP contribution in [0.5, 0.6) is 0 Å². The normalized spacial score (nSPS) is 18.4. The molecule has 0 bridgehead atoms. The Bertz CT molecular complexity index is 373. The Labute approximate surface area is 110 Å². The Morgan fingerprint density at radius 2 is 1.83 bits per heavy atom. The van der Waals surface area contributed by atoms with E-state index in [0.29, 0.717) is 6.54 Å². The Hall–Kier alpha value is -0.860. The maximum Gasteiger partial charge on any atom is 0.0914 e. The van der Waals surface area contributed by atoms with Crippen LogP contribution in [0.4, 0.5) is 0 Å². The number of rotatable bonds is 4. The molecule has 1 saturated carbocycles. The van der Waals surface area contributed by atoms with Crippen LogP contribution in [0.3, 0.4) is 0 Å². The summed E-state index contributed by atoms with van der Waals surface area (Å²) in [6, 6.07) is 8.50. The first-order valence-electron chi connectivity index (χ1n) is 6.99. The van der Waals surface area contributed by atoms with Crippen molar-refractivity contribution >= 4 is 0 Å². The van der Waals surface area contributed by atoms with E-state index in [2.05, 4.69) is 50.4 Å². The molecule has 1 aromatic rings. The zero-order chi connectivity index (χ0) is 13.2. The SMILES string of the molecule is CC(C)(C)NCC(O)c1ccc(C2CCC2)cc1. The number of β-amino-alcohol motifs (C(OH)–C–C–N with tert-alkyl or cyclic N) is 1. The highest BCUT2D eigenvalue weighted by molar-refractivity contribution is 5.28. The monoisotopic (exact) mass is 247 g/mol. The second kappa shape index (κ2) is 5.41. The summed E-state index contributed by atoms with van der Waals surface area (Å²) in [4.78, 5) is 0. The summed E-state index contributed by atoms with van der Waals surface area (Å²) >= 11 is 0. The summed E-state index contributed by atoms with van der Waals surface area (Å²) in [5.41, 5.74) is 2.49. The van der Waals surface area contributed by atoms with Crippen LogP contribution in [-0.2, 0) is 0 Å². The first-order chi connectivity index (χ1) is 8.46. The lowest BCUT2D eigenvalue weighted by atomic mass is 9.80. The Kier molecular flexibility index (Phi) is 4.08. The molecule has 1 atom stereocenters. The molecule has 0 aliphatic heterocycles. The zero-order valence-electron chi connectivity index (χ0n) is 11.7. The fourth-order valence-electron chi connectivity index (χ4n) is 2.25. The first kappa shape index (κ1) is 13.6. The number of hydrogen-bond acceptors (Lipinski definition) is 2. The fourth-order valence-corrected chi connectivity index (χ4v) is 2.25. The van der Waals surface area contributed by atoms with Gasteiger partial charge in [0.15, 0.2) is 0 Å². The molecule has 1 unspecified atom stereocenters. The molecule has 2 nitrogen and oxygen atoms in total. The molecule has 2 rings (SSSR count). The quantitative estimate of drug-likeness (QED) is 0.855. The van der Waals surface area contributed by atoms with E-state index in [1.54, 1.807) is 0 Å². The highest BCUT2D eigenvalue weighted by atomic mass is 16.3. The highest BCUT2D eigenvalue weighted by Crippen LogP contribution is 2.36. The molecule has 1 aromatic carbocycles. The van der Waals surface area contributed by atoms with Crippen LogP contribution in [0, 0.1) is 0 Å². The molecule has 1 aliphatic carbocycles. The van der Waals surface area contributed by atoms with E-state index in [0.717, 1.165) is 11.5 Å². The lowest BCUT2D eigenvalue weighted by Crippen LogP contribution is -2.38. The molecule has 2 N–H and O–H groups in total. The van der Waals surface area contributed by atoms with Crippen LogP contribution < -0.4 is 5.32 Å². The molecule has 1 fully saturated rings. The van der Waals surface area contributed by atoms with Crippen LogP contribution in [0.15, 0.2) is 24.3 Å². The van der Waals surface area contributed by atoms with E-state index in [1.807, 2.05) is 0 Å². The number of aliphatic hydroxyl groups is 1. The van der Waals surface area contributed by atoms with Crippen LogP contribution >= 0.6 is 0 Å². The summed E-state index contributed by atoms with van der Waals surface area (Å²) in [5.74, 6) is 0.767. The van der Waals surface area contributed by atoms with Gasteiger partial charge in [-0.05, 0) is 50.7 Å². The number of aliphatic hydroxyl groups excluding tert-OH is 1. The predicted molar refractivity (Wildman–Crippen MR) is 75.7 cm³/mol. The third-order valence-corrected chi connectivity index (χ3v) is 3.72. The summed E-state index contributed by atoms with van der Waals surface area (Å²) in [5, 5.41) is 13.5. The minimum atomic E-state index is -0.417. The van der Waals surface area contributed by atoms with E-state index in [4.69, 9.17) is 0 Å². The molecule has 18 heavy (non-hydrogen) atoms. The Balaban J connectivity index is 1.91. The van der Waals surface area contributed by atoms with Crippen molar-refractivity contribution in [2.24, 2.45) is 0 Å². The number of benzene rings is 1. The predicted octanol–water partition coefficient (Wildman–Crippen LogP) is 3.38. The third-order valence-electron chi connectivity index (χ3n) is 3.72. The lowest BCUT2D eigenvalue weighted by Gasteiger charge is -2.26. The van der Waals surface area contributed by atoms with Crippen LogP contribution in [0.1, 0.15) is 63.2 Å². The van der Waals surface area contributed by atoms with Crippen molar-refractivity contribution in [1.29, 1.82) is 0 Å². The molecular weight excluding hydrogens is 222 g/mol. The highest BCUT2D eigenvalue weighted by Gasteiger charge is 2.19. The number of nitrogens with one attached hydrogen (secondary N) is 1. The van der Waals surface area contributed by atoms with Crippen molar-refractivity contribution in [2.75, 3.05) is 6.54 Å². The maximum atomic E-state index is 10.1. The molecule has 1 aliphatic rings. The van der Waals surface area contributed by atoms with Crippen molar-refractivity contribution in [2.45, 2.75) is 57.6 Å².